The minimum Gasteiger partial charge on any atom is -0.352 e. The Morgan fingerprint density at radius 1 is 1.25 bits per heavy atom. The first-order valence-electron chi connectivity index (χ1n) is 6.52. The van der Waals surface area contributed by atoms with Crippen LogP contribution < -0.4 is 5.32 Å². The second-order valence-electron chi connectivity index (χ2n) is 4.81. The molecule has 0 aliphatic heterocycles. The van der Waals surface area contributed by atoms with Gasteiger partial charge in [-0.2, -0.15) is 0 Å². The number of nitrogens with zero attached hydrogens (tertiary/aromatic N) is 1. The summed E-state index contributed by atoms with van der Waals surface area (Å²) in [6, 6.07) is 11.6. The molecule has 2 aromatic rings. The summed E-state index contributed by atoms with van der Waals surface area (Å²) in [7, 11) is 0. The summed E-state index contributed by atoms with van der Waals surface area (Å²) >= 11 is 5.85. The summed E-state index contributed by atoms with van der Waals surface area (Å²) in [5, 5.41) is 3.24. The lowest BCUT2D eigenvalue weighted by molar-refractivity contribution is 0.0954. The zero-order chi connectivity index (χ0) is 14.5. The number of aromatic nitrogens is 1. The Labute approximate surface area is 124 Å². The standard InChI is InChI=1S/C16H17ClN2O/c1-11-4-3-5-13(8-11)6-7-18-16(20)14-9-12(2)19-15(17)10-14/h3-5,8-10H,6-7H2,1-2H3,(H,18,20). The van der Waals surface area contributed by atoms with Gasteiger partial charge in [-0.3, -0.25) is 4.79 Å². The van der Waals surface area contributed by atoms with Gasteiger partial charge in [-0.25, -0.2) is 4.98 Å². The van der Waals surface area contributed by atoms with E-state index in [-0.39, 0.29) is 5.91 Å². The molecule has 0 saturated carbocycles. The molecule has 0 spiro atoms. The number of hydrogen-bond donors (Lipinski definition) is 1. The molecule has 0 aliphatic rings. The Hall–Kier alpha value is -1.87. The van der Waals surface area contributed by atoms with E-state index in [9.17, 15) is 4.79 Å². The minimum absolute atomic E-state index is 0.120. The van der Waals surface area contributed by atoms with Crippen LogP contribution in [0.2, 0.25) is 5.15 Å². The van der Waals surface area contributed by atoms with Crippen molar-refractivity contribution in [3.05, 3.63) is 63.9 Å². The predicted octanol–water partition coefficient (Wildman–Crippen LogP) is 3.32. The molecule has 0 saturated heterocycles. The molecular formula is C16H17ClN2O. The van der Waals surface area contributed by atoms with Crippen LogP contribution in [0, 0.1) is 13.8 Å². The zero-order valence-electron chi connectivity index (χ0n) is 11.6. The first-order valence-corrected chi connectivity index (χ1v) is 6.90. The monoisotopic (exact) mass is 288 g/mol. The number of hydrogen-bond acceptors (Lipinski definition) is 2. The summed E-state index contributed by atoms with van der Waals surface area (Å²) in [5.74, 6) is -0.120. The molecule has 3 nitrogen and oxygen atoms in total. The molecule has 0 bridgehead atoms. The Morgan fingerprint density at radius 3 is 2.75 bits per heavy atom. The van der Waals surface area contributed by atoms with Crippen molar-refractivity contribution >= 4 is 17.5 Å². The average molecular weight is 289 g/mol. The number of aryl methyl sites for hydroxylation is 2. The van der Waals surface area contributed by atoms with E-state index in [0.717, 1.165) is 12.1 Å². The predicted molar refractivity (Wildman–Crippen MR) is 81.2 cm³/mol. The summed E-state index contributed by atoms with van der Waals surface area (Å²) in [6.45, 7) is 4.47. The van der Waals surface area contributed by atoms with Gasteiger partial charge in [0.1, 0.15) is 5.15 Å². The number of nitrogens with one attached hydrogen (secondary N) is 1. The fraction of sp³-hybridized carbons (Fsp3) is 0.250. The summed E-state index contributed by atoms with van der Waals surface area (Å²) < 4.78 is 0. The van der Waals surface area contributed by atoms with Crippen LogP contribution in [0.1, 0.15) is 27.2 Å². The summed E-state index contributed by atoms with van der Waals surface area (Å²) in [5.41, 5.74) is 3.73. The van der Waals surface area contributed by atoms with Gasteiger partial charge in [0.15, 0.2) is 0 Å². The van der Waals surface area contributed by atoms with Crippen molar-refractivity contribution in [3.8, 4) is 0 Å². The number of halogens is 1. The molecule has 0 fully saturated rings. The van der Waals surface area contributed by atoms with Gasteiger partial charge in [0.25, 0.3) is 5.91 Å². The quantitative estimate of drug-likeness (QED) is 0.877. The molecule has 1 aromatic heterocycles. The van der Waals surface area contributed by atoms with Gasteiger partial charge in [0.05, 0.1) is 0 Å². The van der Waals surface area contributed by atoms with Gasteiger partial charge < -0.3 is 5.32 Å². The van der Waals surface area contributed by atoms with Crippen molar-refractivity contribution in [2.45, 2.75) is 20.3 Å². The average Bonchev–Trinajstić information content (AvgIpc) is 2.37. The summed E-state index contributed by atoms with van der Waals surface area (Å²) in [6.07, 6.45) is 0.811. The highest BCUT2D eigenvalue weighted by Gasteiger charge is 2.07. The fourth-order valence-electron chi connectivity index (χ4n) is 2.05. The molecule has 0 atom stereocenters. The second kappa shape index (κ2) is 6.53. The first kappa shape index (κ1) is 14.5. The third kappa shape index (κ3) is 4.07. The number of carbonyl (C=O) groups is 1. The lowest BCUT2D eigenvalue weighted by Crippen LogP contribution is -2.25. The van der Waals surface area contributed by atoms with E-state index in [1.54, 1.807) is 12.1 Å². The van der Waals surface area contributed by atoms with E-state index in [1.807, 2.05) is 13.0 Å². The van der Waals surface area contributed by atoms with E-state index < -0.39 is 0 Å². The molecule has 0 aliphatic carbocycles. The molecule has 20 heavy (non-hydrogen) atoms. The topological polar surface area (TPSA) is 42.0 Å². The first-order chi connectivity index (χ1) is 9.54. The zero-order valence-corrected chi connectivity index (χ0v) is 12.4. The largest absolute Gasteiger partial charge is 0.352 e. The molecule has 1 heterocycles. The molecule has 0 radical (unpaired) electrons. The van der Waals surface area contributed by atoms with E-state index >= 15 is 0 Å². The molecular weight excluding hydrogens is 272 g/mol. The van der Waals surface area contributed by atoms with Crippen LogP contribution in [0.5, 0.6) is 0 Å². The van der Waals surface area contributed by atoms with Crippen LogP contribution in [0.15, 0.2) is 36.4 Å². The molecule has 4 heteroatoms. The van der Waals surface area contributed by atoms with Crippen LogP contribution in [-0.4, -0.2) is 17.4 Å². The fourth-order valence-corrected chi connectivity index (χ4v) is 2.30. The normalized spacial score (nSPS) is 10.3. The number of benzene rings is 1. The van der Waals surface area contributed by atoms with Crippen LogP contribution in [0.25, 0.3) is 0 Å². The minimum atomic E-state index is -0.120. The molecule has 2 rings (SSSR count). The second-order valence-corrected chi connectivity index (χ2v) is 5.20. The van der Waals surface area contributed by atoms with Crippen molar-refractivity contribution in [1.29, 1.82) is 0 Å². The molecule has 1 N–H and O–H groups in total. The third-order valence-corrected chi connectivity index (χ3v) is 3.16. The Kier molecular flexibility index (Phi) is 4.74. The summed E-state index contributed by atoms with van der Waals surface area (Å²) in [4.78, 5) is 16.0. The maximum atomic E-state index is 12.0. The molecule has 1 amide bonds. The van der Waals surface area contributed by atoms with Crippen molar-refractivity contribution in [1.82, 2.24) is 10.3 Å². The maximum Gasteiger partial charge on any atom is 0.251 e. The van der Waals surface area contributed by atoms with E-state index in [2.05, 4.69) is 35.4 Å². The molecule has 0 unspecified atom stereocenters. The highest BCUT2D eigenvalue weighted by Crippen LogP contribution is 2.10. The highest BCUT2D eigenvalue weighted by molar-refractivity contribution is 6.29. The van der Waals surface area contributed by atoms with Gasteiger partial charge in [-0.1, -0.05) is 41.4 Å². The van der Waals surface area contributed by atoms with E-state index in [4.69, 9.17) is 11.6 Å². The Balaban J connectivity index is 1.92. The van der Waals surface area contributed by atoms with Crippen LogP contribution in [-0.2, 0) is 6.42 Å². The number of carbonyl (C=O) groups excluding carboxylic acids is 1. The van der Waals surface area contributed by atoms with E-state index in [0.29, 0.717) is 17.3 Å². The maximum absolute atomic E-state index is 12.0. The van der Waals surface area contributed by atoms with Gasteiger partial charge in [-0.15, -0.1) is 0 Å². The van der Waals surface area contributed by atoms with Gasteiger partial charge in [0, 0.05) is 17.8 Å². The lowest BCUT2D eigenvalue weighted by atomic mass is 10.1. The number of rotatable bonds is 4. The van der Waals surface area contributed by atoms with Gasteiger partial charge in [-0.05, 0) is 38.0 Å². The van der Waals surface area contributed by atoms with Crippen molar-refractivity contribution < 1.29 is 4.79 Å². The highest BCUT2D eigenvalue weighted by atomic mass is 35.5. The smallest absolute Gasteiger partial charge is 0.251 e. The van der Waals surface area contributed by atoms with Crippen molar-refractivity contribution in [2.75, 3.05) is 6.54 Å². The van der Waals surface area contributed by atoms with Gasteiger partial charge >= 0.3 is 0 Å². The van der Waals surface area contributed by atoms with E-state index in [1.165, 1.54) is 11.1 Å². The Morgan fingerprint density at radius 2 is 2.05 bits per heavy atom. The van der Waals surface area contributed by atoms with Crippen LogP contribution >= 0.6 is 11.6 Å². The SMILES string of the molecule is Cc1cccc(CCNC(=O)c2cc(C)nc(Cl)c2)c1. The number of pyridine rings is 1. The van der Waals surface area contributed by atoms with Crippen LogP contribution in [0.4, 0.5) is 0 Å². The van der Waals surface area contributed by atoms with Gasteiger partial charge in [0.2, 0.25) is 0 Å². The lowest BCUT2D eigenvalue weighted by Gasteiger charge is -2.07. The third-order valence-electron chi connectivity index (χ3n) is 2.97. The van der Waals surface area contributed by atoms with Crippen LogP contribution in [0.3, 0.4) is 0 Å². The molecule has 1 aromatic carbocycles. The van der Waals surface area contributed by atoms with Crippen molar-refractivity contribution in [2.24, 2.45) is 0 Å². The molecule has 104 valence electrons. The van der Waals surface area contributed by atoms with Crippen molar-refractivity contribution in [3.63, 3.8) is 0 Å². The number of amides is 1. The Bertz CT molecular complexity index is 605.